The molecule has 0 radical (unpaired) electrons. The van der Waals surface area contributed by atoms with Crippen LogP contribution in [-0.2, 0) is 44.8 Å². The molecule has 19 heteroatoms. The van der Waals surface area contributed by atoms with Crippen molar-refractivity contribution in [3.05, 3.63) is 35.9 Å². The van der Waals surface area contributed by atoms with Crippen molar-refractivity contribution in [3.63, 3.8) is 0 Å². The van der Waals surface area contributed by atoms with Crippen LogP contribution in [0, 0.1) is 5.92 Å². The van der Waals surface area contributed by atoms with Gasteiger partial charge in [0.1, 0.15) is 30.2 Å². The highest BCUT2D eigenvalue weighted by Gasteiger charge is 2.31. The molecule has 0 unspecified atom stereocenters. The normalized spacial score (nSPS) is 14.4. The fraction of sp³-hybridized carbons (Fsp3) is 0.576. The Morgan fingerprint density at radius 3 is 1.85 bits per heavy atom. The van der Waals surface area contributed by atoms with Crippen molar-refractivity contribution in [2.24, 2.45) is 17.4 Å². The molecule has 19 nitrogen and oxygen atoms in total. The van der Waals surface area contributed by atoms with Crippen LogP contribution >= 0.6 is 0 Å². The number of rotatable bonds is 24. The minimum Gasteiger partial charge on any atom is -0.481 e. The van der Waals surface area contributed by atoms with Crippen molar-refractivity contribution in [2.75, 3.05) is 19.7 Å². The summed E-state index contributed by atoms with van der Waals surface area (Å²) >= 11 is 0. The van der Waals surface area contributed by atoms with Crippen molar-refractivity contribution < 1.29 is 53.7 Å². The van der Waals surface area contributed by atoms with Crippen LogP contribution in [0.5, 0.6) is 0 Å². The summed E-state index contributed by atoms with van der Waals surface area (Å²) in [7, 11) is 0. The number of aliphatic hydroxyl groups excluding tert-OH is 1. The van der Waals surface area contributed by atoms with Crippen LogP contribution in [0.25, 0.3) is 0 Å². The first-order chi connectivity index (χ1) is 24.5. The van der Waals surface area contributed by atoms with E-state index in [0.717, 1.165) is 0 Å². The van der Waals surface area contributed by atoms with Crippen LogP contribution in [0.4, 0.5) is 0 Å². The van der Waals surface area contributed by atoms with Crippen molar-refractivity contribution in [2.45, 2.75) is 95.5 Å². The Bertz CT molecular complexity index is 1380. The Morgan fingerprint density at radius 1 is 0.712 bits per heavy atom. The van der Waals surface area contributed by atoms with Gasteiger partial charge in [-0.25, -0.2) is 4.79 Å². The maximum Gasteiger partial charge on any atom is 0.326 e. The number of hydrogen-bond donors (Lipinski definition) is 11. The van der Waals surface area contributed by atoms with E-state index in [9.17, 15) is 48.6 Å². The van der Waals surface area contributed by atoms with Gasteiger partial charge in [-0.2, -0.15) is 0 Å². The summed E-state index contributed by atoms with van der Waals surface area (Å²) in [6.07, 6.45) is 0.495. The van der Waals surface area contributed by atoms with Gasteiger partial charge in [0, 0.05) is 6.42 Å². The minimum absolute atomic E-state index is 0.00147. The van der Waals surface area contributed by atoms with Gasteiger partial charge in [-0.05, 0) is 50.6 Å². The number of carboxylic acid groups (broad SMARTS) is 2. The summed E-state index contributed by atoms with van der Waals surface area (Å²) in [6.45, 7) is 3.62. The highest BCUT2D eigenvalue weighted by molar-refractivity contribution is 5.96. The molecule has 6 atom stereocenters. The topological polar surface area (TPSA) is 321 Å². The third-order valence-corrected chi connectivity index (χ3v) is 7.56. The average Bonchev–Trinajstić information content (AvgIpc) is 3.08. The molecule has 0 heterocycles. The Balaban J connectivity index is 2.93. The number of aliphatic carboxylic acids is 2. The van der Waals surface area contributed by atoms with Crippen LogP contribution in [0.1, 0.15) is 58.4 Å². The van der Waals surface area contributed by atoms with Gasteiger partial charge in [-0.1, -0.05) is 44.2 Å². The Labute approximate surface area is 301 Å². The van der Waals surface area contributed by atoms with Crippen LogP contribution < -0.4 is 43.4 Å². The van der Waals surface area contributed by atoms with Crippen LogP contribution in [0.2, 0.25) is 0 Å². The van der Waals surface area contributed by atoms with Gasteiger partial charge in [0.05, 0.1) is 25.6 Å². The number of nitrogens with two attached hydrogens (primary N) is 2. The molecule has 0 fully saturated rings. The summed E-state index contributed by atoms with van der Waals surface area (Å²) in [6, 6.07) is 0.792. The van der Waals surface area contributed by atoms with Crippen molar-refractivity contribution in [1.82, 2.24) is 31.9 Å². The van der Waals surface area contributed by atoms with Crippen LogP contribution in [0.15, 0.2) is 30.3 Å². The van der Waals surface area contributed by atoms with E-state index < -0.39 is 103 Å². The minimum atomic E-state index is -1.55. The standard InChI is InChI=1S/C33H52N8O11/c1-18(2)13-23(40-32(50)25(17-42)38-26(43)16-36-29(47)21(35)15-27(44)45)31(49)37-19(3)28(46)39-22(11-7-8-12-34)30(48)41-24(33(51)52)14-20-9-5-4-6-10-20/h4-6,9-10,18-19,21-25,42H,7-8,11-17,34-35H2,1-3H3,(H,36,47)(H,37,49)(H,38,43)(H,39,46)(H,40,50)(H,41,48)(H,44,45)(H,51,52)/t19-,21-,22-,23-,24-,25-/m0/s1. The van der Waals surface area contributed by atoms with E-state index in [2.05, 4.69) is 31.9 Å². The van der Waals surface area contributed by atoms with Crippen LogP contribution in [0.3, 0.4) is 0 Å². The van der Waals surface area contributed by atoms with Gasteiger partial charge in [0.25, 0.3) is 0 Å². The molecule has 0 saturated carbocycles. The van der Waals surface area contributed by atoms with Gasteiger partial charge in [0.15, 0.2) is 0 Å². The monoisotopic (exact) mass is 736 g/mol. The zero-order valence-electron chi connectivity index (χ0n) is 29.6. The molecule has 0 bridgehead atoms. The smallest absolute Gasteiger partial charge is 0.326 e. The lowest BCUT2D eigenvalue weighted by Gasteiger charge is -2.26. The second-order valence-corrected chi connectivity index (χ2v) is 12.6. The van der Waals surface area contributed by atoms with Crippen molar-refractivity contribution in [1.29, 1.82) is 0 Å². The fourth-order valence-electron chi connectivity index (χ4n) is 4.75. The maximum absolute atomic E-state index is 13.3. The summed E-state index contributed by atoms with van der Waals surface area (Å²) in [4.78, 5) is 99.6. The maximum atomic E-state index is 13.3. The molecule has 1 rings (SSSR count). The molecule has 13 N–H and O–H groups in total. The summed E-state index contributed by atoms with van der Waals surface area (Å²) in [5, 5.41) is 42.5. The highest BCUT2D eigenvalue weighted by Crippen LogP contribution is 2.08. The van der Waals surface area contributed by atoms with E-state index in [1.54, 1.807) is 44.2 Å². The van der Waals surface area contributed by atoms with Gasteiger partial charge in [0.2, 0.25) is 35.4 Å². The van der Waals surface area contributed by atoms with E-state index in [1.165, 1.54) is 6.92 Å². The second kappa shape index (κ2) is 23.4. The largest absolute Gasteiger partial charge is 0.481 e. The predicted octanol–water partition coefficient (Wildman–Crippen LogP) is -3.16. The average molecular weight is 737 g/mol. The van der Waals surface area contributed by atoms with Gasteiger partial charge in [-0.15, -0.1) is 0 Å². The molecular weight excluding hydrogens is 684 g/mol. The highest BCUT2D eigenvalue weighted by atomic mass is 16.4. The van der Waals surface area contributed by atoms with Gasteiger partial charge in [-0.3, -0.25) is 33.6 Å². The quantitative estimate of drug-likeness (QED) is 0.0468. The lowest BCUT2D eigenvalue weighted by molar-refractivity contribution is -0.142. The molecule has 0 spiro atoms. The van der Waals surface area contributed by atoms with Crippen molar-refractivity contribution in [3.8, 4) is 0 Å². The van der Waals surface area contributed by atoms with Gasteiger partial charge >= 0.3 is 11.9 Å². The number of hydrogen-bond acceptors (Lipinski definition) is 11. The van der Waals surface area contributed by atoms with E-state index in [4.69, 9.17) is 16.6 Å². The molecule has 0 aliphatic rings. The van der Waals surface area contributed by atoms with E-state index in [1.807, 2.05) is 0 Å². The van der Waals surface area contributed by atoms with Crippen molar-refractivity contribution >= 4 is 47.4 Å². The lowest BCUT2D eigenvalue weighted by atomic mass is 10.0. The molecule has 0 aliphatic carbocycles. The molecule has 6 amide bonds. The first-order valence-corrected chi connectivity index (χ1v) is 16.8. The Morgan fingerprint density at radius 2 is 1.29 bits per heavy atom. The number of carbonyl (C=O) groups is 8. The molecule has 1 aromatic carbocycles. The fourth-order valence-corrected chi connectivity index (χ4v) is 4.75. The molecule has 0 aromatic heterocycles. The number of aliphatic hydroxyl groups is 1. The van der Waals surface area contributed by atoms with Gasteiger partial charge < -0.3 is 58.7 Å². The molecule has 290 valence electrons. The number of nitrogens with one attached hydrogen (secondary N) is 6. The first kappa shape index (κ1) is 44.9. The summed E-state index contributed by atoms with van der Waals surface area (Å²) in [5.74, 6) is -7.84. The van der Waals surface area contributed by atoms with E-state index in [-0.39, 0.29) is 25.2 Å². The summed E-state index contributed by atoms with van der Waals surface area (Å²) in [5.41, 5.74) is 11.7. The third-order valence-electron chi connectivity index (χ3n) is 7.56. The zero-order chi connectivity index (χ0) is 39.4. The number of benzene rings is 1. The van der Waals surface area contributed by atoms with E-state index in [0.29, 0.717) is 24.9 Å². The zero-order valence-corrected chi connectivity index (χ0v) is 29.6. The number of amides is 6. The molecule has 52 heavy (non-hydrogen) atoms. The number of carboxylic acids is 2. The molecular formula is C33H52N8O11. The molecule has 0 saturated heterocycles. The molecule has 0 aliphatic heterocycles. The Hall–Kier alpha value is -5.14. The van der Waals surface area contributed by atoms with E-state index >= 15 is 0 Å². The predicted molar refractivity (Wildman–Crippen MR) is 186 cm³/mol. The SMILES string of the molecule is CC(C)C[C@H](NC(=O)[C@H](CO)NC(=O)CNC(=O)[C@@H](N)CC(=O)O)C(=O)N[C@@H](C)C(=O)N[C@@H](CCCCN)C(=O)N[C@@H](Cc1ccccc1)C(=O)O. The third kappa shape index (κ3) is 17.2. The first-order valence-electron chi connectivity index (χ1n) is 16.8. The summed E-state index contributed by atoms with van der Waals surface area (Å²) < 4.78 is 0. The lowest BCUT2D eigenvalue weighted by Crippen LogP contribution is -2.59. The van der Waals surface area contributed by atoms with Crippen LogP contribution in [-0.4, -0.2) is 119 Å². The number of unbranched alkanes of at least 4 members (excludes halogenated alkanes) is 1. The molecule has 1 aromatic rings. The number of carbonyl (C=O) groups excluding carboxylic acids is 6. The Kier molecular flexibility index (Phi) is 20.2. The second-order valence-electron chi connectivity index (χ2n) is 12.6.